The lowest BCUT2D eigenvalue weighted by Gasteiger charge is -2.11. The number of amides is 1. The summed E-state index contributed by atoms with van der Waals surface area (Å²) in [6.07, 6.45) is 2.05. The summed E-state index contributed by atoms with van der Waals surface area (Å²) >= 11 is 0. The number of carbonyl (C=O) groups is 1. The summed E-state index contributed by atoms with van der Waals surface area (Å²) < 4.78 is 24.7. The Kier molecular flexibility index (Phi) is 4.73. The number of aromatic amines is 1. The van der Waals surface area contributed by atoms with E-state index < -0.39 is 11.7 Å². The zero-order valence-corrected chi connectivity index (χ0v) is 15.6. The molecule has 0 aliphatic heterocycles. The summed E-state index contributed by atoms with van der Waals surface area (Å²) in [6.45, 7) is 0. The van der Waals surface area contributed by atoms with E-state index in [-0.39, 0.29) is 5.56 Å². The number of H-pyrrole nitrogens is 1. The van der Waals surface area contributed by atoms with Crippen LogP contribution in [0, 0.1) is 5.82 Å². The van der Waals surface area contributed by atoms with E-state index in [0.717, 1.165) is 24.1 Å². The van der Waals surface area contributed by atoms with Gasteiger partial charge in [-0.25, -0.2) is 4.39 Å². The standard InChI is InChI=1S/C21H20FN3O3/c1-27-16-10-9-13(11-17(16)28-2)19-20(18(24-25-19)12-7-8-12)23-21(26)14-5-3-4-6-15(14)22/h3-6,9-12H,7-8H2,1-2H3,(H,23,26)(H,24,25). The predicted molar refractivity (Wildman–Crippen MR) is 103 cm³/mol. The molecule has 1 fully saturated rings. The highest BCUT2D eigenvalue weighted by Gasteiger charge is 2.31. The minimum atomic E-state index is -0.566. The van der Waals surface area contributed by atoms with E-state index in [4.69, 9.17) is 9.47 Å². The van der Waals surface area contributed by atoms with E-state index in [9.17, 15) is 9.18 Å². The summed E-state index contributed by atoms with van der Waals surface area (Å²) in [7, 11) is 3.13. The van der Waals surface area contributed by atoms with Crippen LogP contribution in [0.3, 0.4) is 0 Å². The third-order valence-corrected chi connectivity index (χ3v) is 4.79. The Morgan fingerprint density at radius 1 is 1.14 bits per heavy atom. The molecule has 28 heavy (non-hydrogen) atoms. The lowest BCUT2D eigenvalue weighted by atomic mass is 10.1. The van der Waals surface area contributed by atoms with Crippen LogP contribution in [-0.2, 0) is 0 Å². The number of ether oxygens (including phenoxy) is 2. The molecule has 0 spiro atoms. The second kappa shape index (κ2) is 7.34. The van der Waals surface area contributed by atoms with Gasteiger partial charge in [0.1, 0.15) is 11.5 Å². The van der Waals surface area contributed by atoms with Crippen molar-refractivity contribution in [2.45, 2.75) is 18.8 Å². The third-order valence-electron chi connectivity index (χ3n) is 4.79. The van der Waals surface area contributed by atoms with Crippen LogP contribution in [0.1, 0.15) is 34.8 Å². The maximum atomic E-state index is 14.0. The average Bonchev–Trinajstić information content (AvgIpc) is 3.48. The van der Waals surface area contributed by atoms with Crippen molar-refractivity contribution in [1.29, 1.82) is 0 Å². The number of rotatable bonds is 6. The van der Waals surface area contributed by atoms with Crippen LogP contribution in [-0.4, -0.2) is 30.3 Å². The molecule has 1 aliphatic rings. The molecule has 1 saturated carbocycles. The van der Waals surface area contributed by atoms with Crippen molar-refractivity contribution in [1.82, 2.24) is 10.2 Å². The van der Waals surface area contributed by atoms with Crippen LogP contribution in [0.25, 0.3) is 11.3 Å². The second-order valence-corrected chi connectivity index (χ2v) is 6.64. The number of benzene rings is 2. The van der Waals surface area contributed by atoms with E-state index in [0.29, 0.717) is 28.8 Å². The van der Waals surface area contributed by atoms with Gasteiger partial charge in [0, 0.05) is 11.5 Å². The first kappa shape index (κ1) is 18.0. The first-order chi connectivity index (χ1) is 13.6. The number of hydrogen-bond acceptors (Lipinski definition) is 4. The SMILES string of the molecule is COc1ccc(-c2n[nH]c(C3CC3)c2NC(=O)c2ccccc2F)cc1OC. The quantitative estimate of drug-likeness (QED) is 0.665. The fourth-order valence-corrected chi connectivity index (χ4v) is 3.17. The van der Waals surface area contributed by atoms with E-state index in [1.54, 1.807) is 38.5 Å². The zero-order chi connectivity index (χ0) is 19.7. The van der Waals surface area contributed by atoms with E-state index in [2.05, 4.69) is 15.5 Å². The fraction of sp³-hybridized carbons (Fsp3) is 0.238. The van der Waals surface area contributed by atoms with Gasteiger partial charge in [0.05, 0.1) is 31.2 Å². The van der Waals surface area contributed by atoms with E-state index >= 15 is 0 Å². The molecule has 0 bridgehead atoms. The normalized spacial score (nSPS) is 13.2. The molecular weight excluding hydrogens is 361 g/mol. The molecule has 2 aromatic carbocycles. The first-order valence-corrected chi connectivity index (χ1v) is 8.99. The van der Waals surface area contributed by atoms with Crippen LogP contribution in [0.15, 0.2) is 42.5 Å². The molecule has 2 N–H and O–H groups in total. The van der Waals surface area contributed by atoms with Gasteiger partial charge in [-0.05, 0) is 43.2 Å². The van der Waals surface area contributed by atoms with Gasteiger partial charge in [-0.3, -0.25) is 9.89 Å². The van der Waals surface area contributed by atoms with E-state index in [1.165, 1.54) is 12.1 Å². The van der Waals surface area contributed by atoms with Crippen molar-refractivity contribution in [2.75, 3.05) is 19.5 Å². The fourth-order valence-electron chi connectivity index (χ4n) is 3.17. The van der Waals surface area contributed by atoms with Crippen molar-refractivity contribution in [3.05, 3.63) is 59.5 Å². The Bertz CT molecular complexity index is 1030. The second-order valence-electron chi connectivity index (χ2n) is 6.64. The molecule has 1 amide bonds. The Balaban J connectivity index is 1.74. The van der Waals surface area contributed by atoms with Gasteiger partial charge in [0.25, 0.3) is 5.91 Å². The molecule has 0 unspecified atom stereocenters. The van der Waals surface area contributed by atoms with Gasteiger partial charge in [-0.2, -0.15) is 5.10 Å². The average molecular weight is 381 g/mol. The molecule has 4 rings (SSSR count). The summed E-state index contributed by atoms with van der Waals surface area (Å²) in [6, 6.07) is 11.3. The van der Waals surface area contributed by atoms with Crippen molar-refractivity contribution in [3.8, 4) is 22.8 Å². The summed E-state index contributed by atoms with van der Waals surface area (Å²) in [5.41, 5.74) is 2.75. The maximum Gasteiger partial charge on any atom is 0.258 e. The lowest BCUT2D eigenvalue weighted by molar-refractivity contribution is 0.102. The Hall–Kier alpha value is -3.35. The van der Waals surface area contributed by atoms with Crippen LogP contribution >= 0.6 is 0 Å². The largest absolute Gasteiger partial charge is 0.493 e. The van der Waals surface area contributed by atoms with Crippen molar-refractivity contribution >= 4 is 11.6 Å². The minimum absolute atomic E-state index is 0.0105. The van der Waals surface area contributed by atoms with Gasteiger partial charge >= 0.3 is 0 Å². The Morgan fingerprint density at radius 2 is 1.89 bits per heavy atom. The number of halogens is 1. The van der Waals surface area contributed by atoms with Gasteiger partial charge < -0.3 is 14.8 Å². The van der Waals surface area contributed by atoms with Crippen LogP contribution < -0.4 is 14.8 Å². The summed E-state index contributed by atoms with van der Waals surface area (Å²) in [5, 5.41) is 10.3. The molecule has 0 saturated heterocycles. The number of methoxy groups -OCH3 is 2. The van der Waals surface area contributed by atoms with E-state index in [1.807, 2.05) is 6.07 Å². The molecule has 7 heteroatoms. The monoisotopic (exact) mass is 381 g/mol. The highest BCUT2D eigenvalue weighted by atomic mass is 19.1. The molecule has 1 aliphatic carbocycles. The molecule has 3 aromatic rings. The summed E-state index contributed by atoms with van der Waals surface area (Å²) in [4.78, 5) is 12.7. The van der Waals surface area contributed by atoms with Crippen LogP contribution in [0.2, 0.25) is 0 Å². The van der Waals surface area contributed by atoms with Crippen molar-refractivity contribution in [3.63, 3.8) is 0 Å². The lowest BCUT2D eigenvalue weighted by Crippen LogP contribution is -2.15. The van der Waals surface area contributed by atoms with Gasteiger partial charge in [-0.1, -0.05) is 12.1 Å². The number of anilines is 1. The maximum absolute atomic E-state index is 14.0. The molecule has 1 heterocycles. The molecule has 144 valence electrons. The number of nitrogens with one attached hydrogen (secondary N) is 2. The molecular formula is C21H20FN3O3. The van der Waals surface area contributed by atoms with Crippen molar-refractivity contribution < 1.29 is 18.7 Å². The first-order valence-electron chi connectivity index (χ1n) is 8.99. The molecule has 0 atom stereocenters. The molecule has 6 nitrogen and oxygen atoms in total. The molecule has 0 radical (unpaired) electrons. The topological polar surface area (TPSA) is 76.2 Å². The minimum Gasteiger partial charge on any atom is -0.493 e. The van der Waals surface area contributed by atoms with Gasteiger partial charge in [-0.15, -0.1) is 0 Å². The van der Waals surface area contributed by atoms with Crippen LogP contribution in [0.5, 0.6) is 11.5 Å². The third kappa shape index (κ3) is 3.31. The summed E-state index contributed by atoms with van der Waals surface area (Å²) in [5.74, 6) is 0.396. The predicted octanol–water partition coefficient (Wildman–Crippen LogP) is 4.36. The van der Waals surface area contributed by atoms with Crippen molar-refractivity contribution in [2.24, 2.45) is 0 Å². The number of nitrogens with zero attached hydrogens (tertiary/aromatic N) is 1. The number of hydrogen-bond donors (Lipinski definition) is 2. The Morgan fingerprint density at radius 3 is 2.57 bits per heavy atom. The Labute approximate surface area is 161 Å². The van der Waals surface area contributed by atoms with Gasteiger partial charge in [0.2, 0.25) is 0 Å². The van der Waals surface area contributed by atoms with Gasteiger partial charge in [0.15, 0.2) is 11.5 Å². The van der Waals surface area contributed by atoms with Crippen LogP contribution in [0.4, 0.5) is 10.1 Å². The molecule has 1 aromatic heterocycles. The smallest absolute Gasteiger partial charge is 0.258 e. The number of aromatic nitrogens is 2. The highest BCUT2D eigenvalue weighted by Crippen LogP contribution is 2.46. The zero-order valence-electron chi connectivity index (χ0n) is 15.6. The number of carbonyl (C=O) groups excluding carboxylic acids is 1. The highest BCUT2D eigenvalue weighted by molar-refractivity contribution is 6.06.